The second kappa shape index (κ2) is 7.52. The molecule has 0 bridgehead atoms. The summed E-state index contributed by atoms with van der Waals surface area (Å²) in [5.74, 6) is -0.378. The Kier molecular flexibility index (Phi) is 5.37. The average Bonchev–Trinajstić information content (AvgIpc) is 2.92. The van der Waals surface area contributed by atoms with Crippen molar-refractivity contribution in [1.82, 2.24) is 4.57 Å². The molecule has 1 aromatic heterocycles. The molecule has 1 fully saturated rings. The molecule has 1 heterocycles. The van der Waals surface area contributed by atoms with Gasteiger partial charge < -0.3 is 9.30 Å². The van der Waals surface area contributed by atoms with E-state index in [-0.39, 0.29) is 24.3 Å². The standard InChI is InChI=1S/C19H24N2O3S/c1-12-9-15-16(10-13(12)2)25-19(21(15)11-17(22)24-3)20-18(23)14-7-5-4-6-8-14/h9-10,14H,4-8,11H2,1-3H3. The van der Waals surface area contributed by atoms with Crippen molar-refractivity contribution in [1.29, 1.82) is 0 Å². The highest BCUT2D eigenvalue weighted by molar-refractivity contribution is 7.16. The zero-order chi connectivity index (χ0) is 18.0. The molecule has 0 unspecified atom stereocenters. The van der Waals surface area contributed by atoms with Crippen molar-refractivity contribution < 1.29 is 14.3 Å². The fourth-order valence-corrected chi connectivity index (χ4v) is 4.40. The molecule has 2 aromatic rings. The predicted octanol–water partition coefficient (Wildman–Crippen LogP) is 3.50. The summed E-state index contributed by atoms with van der Waals surface area (Å²) in [6.45, 7) is 4.16. The quantitative estimate of drug-likeness (QED) is 0.787. The van der Waals surface area contributed by atoms with Gasteiger partial charge in [0.15, 0.2) is 4.80 Å². The number of aromatic nitrogens is 1. The number of rotatable bonds is 3. The maximum atomic E-state index is 12.6. The molecule has 0 atom stereocenters. The highest BCUT2D eigenvalue weighted by Gasteiger charge is 2.21. The molecule has 0 aliphatic heterocycles. The summed E-state index contributed by atoms with van der Waals surface area (Å²) in [7, 11) is 1.37. The fraction of sp³-hybridized carbons (Fsp3) is 0.526. The lowest BCUT2D eigenvalue weighted by molar-refractivity contribution is -0.141. The number of methoxy groups -OCH3 is 1. The topological polar surface area (TPSA) is 60.7 Å². The third-order valence-corrected chi connectivity index (χ3v) is 6.01. The third-order valence-electron chi connectivity index (χ3n) is 4.97. The summed E-state index contributed by atoms with van der Waals surface area (Å²) in [6, 6.07) is 4.14. The van der Waals surface area contributed by atoms with E-state index in [0.29, 0.717) is 4.80 Å². The van der Waals surface area contributed by atoms with Crippen LogP contribution < -0.4 is 4.80 Å². The van der Waals surface area contributed by atoms with Crippen LogP contribution >= 0.6 is 11.3 Å². The summed E-state index contributed by atoms with van der Waals surface area (Å²) in [4.78, 5) is 29.4. The van der Waals surface area contributed by atoms with Crippen molar-refractivity contribution in [2.24, 2.45) is 10.9 Å². The molecular weight excluding hydrogens is 336 g/mol. The van der Waals surface area contributed by atoms with Gasteiger partial charge in [-0.1, -0.05) is 30.6 Å². The molecular formula is C19H24N2O3S. The van der Waals surface area contributed by atoms with Crippen LogP contribution in [0.5, 0.6) is 0 Å². The van der Waals surface area contributed by atoms with Crippen molar-refractivity contribution in [3.8, 4) is 0 Å². The average molecular weight is 360 g/mol. The van der Waals surface area contributed by atoms with Gasteiger partial charge in [0.1, 0.15) is 6.54 Å². The van der Waals surface area contributed by atoms with Crippen LogP contribution in [0.4, 0.5) is 0 Å². The van der Waals surface area contributed by atoms with Crippen LogP contribution in [-0.4, -0.2) is 23.6 Å². The van der Waals surface area contributed by atoms with Crippen molar-refractivity contribution in [3.63, 3.8) is 0 Å². The van der Waals surface area contributed by atoms with Crippen LogP contribution in [0.3, 0.4) is 0 Å². The Morgan fingerprint density at radius 3 is 2.56 bits per heavy atom. The normalized spacial score (nSPS) is 16.4. The molecule has 1 amide bonds. The summed E-state index contributed by atoms with van der Waals surface area (Å²) in [6.07, 6.45) is 5.23. The molecule has 1 saturated carbocycles. The van der Waals surface area contributed by atoms with Crippen LogP contribution in [0.25, 0.3) is 10.2 Å². The van der Waals surface area contributed by atoms with Crippen molar-refractivity contribution in [2.45, 2.75) is 52.5 Å². The number of carbonyl (C=O) groups excluding carboxylic acids is 2. The second-order valence-electron chi connectivity index (χ2n) is 6.74. The highest BCUT2D eigenvalue weighted by atomic mass is 32.1. The lowest BCUT2D eigenvalue weighted by atomic mass is 9.89. The molecule has 0 saturated heterocycles. The Bertz CT molecular complexity index is 873. The number of fused-ring (bicyclic) bond motifs is 1. The minimum Gasteiger partial charge on any atom is -0.468 e. The number of thiazole rings is 1. The number of hydrogen-bond donors (Lipinski definition) is 0. The Morgan fingerprint density at radius 1 is 1.20 bits per heavy atom. The summed E-state index contributed by atoms with van der Waals surface area (Å²) < 4.78 is 7.66. The number of carbonyl (C=O) groups is 2. The van der Waals surface area contributed by atoms with Gasteiger partial charge in [0.05, 0.1) is 17.3 Å². The van der Waals surface area contributed by atoms with E-state index in [1.165, 1.54) is 30.4 Å². The number of benzene rings is 1. The Balaban J connectivity index is 2.08. The number of hydrogen-bond acceptors (Lipinski definition) is 4. The van der Waals surface area contributed by atoms with Crippen LogP contribution in [0.15, 0.2) is 17.1 Å². The molecule has 0 radical (unpaired) electrons. The third kappa shape index (κ3) is 3.84. The Morgan fingerprint density at radius 2 is 1.88 bits per heavy atom. The number of aryl methyl sites for hydroxylation is 2. The molecule has 25 heavy (non-hydrogen) atoms. The van der Waals surface area contributed by atoms with Crippen LogP contribution in [0.1, 0.15) is 43.2 Å². The first-order chi connectivity index (χ1) is 12.0. The molecule has 1 aliphatic rings. The van der Waals surface area contributed by atoms with E-state index in [2.05, 4.69) is 18.0 Å². The van der Waals surface area contributed by atoms with Gasteiger partial charge in [-0.15, -0.1) is 0 Å². The van der Waals surface area contributed by atoms with Gasteiger partial charge in [-0.05, 0) is 49.9 Å². The van der Waals surface area contributed by atoms with Gasteiger partial charge in [-0.2, -0.15) is 4.99 Å². The summed E-state index contributed by atoms with van der Waals surface area (Å²) in [5, 5.41) is 0. The van der Waals surface area contributed by atoms with Crippen LogP contribution in [-0.2, 0) is 20.9 Å². The number of ether oxygens (including phenoxy) is 1. The molecule has 0 spiro atoms. The van der Waals surface area contributed by atoms with E-state index < -0.39 is 0 Å². The van der Waals surface area contributed by atoms with Crippen molar-refractivity contribution >= 4 is 33.4 Å². The molecule has 1 aliphatic carbocycles. The first kappa shape index (κ1) is 17.9. The fourth-order valence-electron chi connectivity index (χ4n) is 3.29. The molecule has 134 valence electrons. The smallest absolute Gasteiger partial charge is 0.325 e. The van der Waals surface area contributed by atoms with E-state index in [4.69, 9.17) is 4.74 Å². The van der Waals surface area contributed by atoms with Gasteiger partial charge in [-0.25, -0.2) is 0 Å². The van der Waals surface area contributed by atoms with E-state index >= 15 is 0 Å². The SMILES string of the molecule is COC(=O)Cn1c(=NC(=O)C2CCCCC2)sc2cc(C)c(C)cc21. The number of amides is 1. The maximum Gasteiger partial charge on any atom is 0.325 e. The minimum absolute atomic E-state index is 0.0222. The number of nitrogens with zero attached hydrogens (tertiary/aromatic N) is 2. The molecule has 0 N–H and O–H groups in total. The maximum absolute atomic E-state index is 12.6. The zero-order valence-corrected chi connectivity index (χ0v) is 15.8. The van der Waals surface area contributed by atoms with Crippen LogP contribution in [0, 0.1) is 19.8 Å². The highest BCUT2D eigenvalue weighted by Crippen LogP contribution is 2.25. The molecule has 6 heteroatoms. The first-order valence-corrected chi connectivity index (χ1v) is 9.57. The zero-order valence-electron chi connectivity index (χ0n) is 15.0. The van der Waals surface area contributed by atoms with E-state index in [0.717, 1.165) is 41.5 Å². The summed E-state index contributed by atoms with van der Waals surface area (Å²) in [5.41, 5.74) is 3.26. The van der Waals surface area contributed by atoms with Gasteiger partial charge in [-0.3, -0.25) is 9.59 Å². The minimum atomic E-state index is -0.343. The van der Waals surface area contributed by atoms with Crippen molar-refractivity contribution in [3.05, 3.63) is 28.1 Å². The lowest BCUT2D eigenvalue weighted by Crippen LogP contribution is -2.24. The van der Waals surface area contributed by atoms with Gasteiger partial charge in [0.25, 0.3) is 5.91 Å². The van der Waals surface area contributed by atoms with Gasteiger partial charge in [0, 0.05) is 5.92 Å². The second-order valence-corrected chi connectivity index (χ2v) is 7.75. The predicted molar refractivity (Wildman–Crippen MR) is 98.5 cm³/mol. The largest absolute Gasteiger partial charge is 0.468 e. The van der Waals surface area contributed by atoms with Crippen LogP contribution in [0.2, 0.25) is 0 Å². The van der Waals surface area contributed by atoms with E-state index in [1.54, 1.807) is 4.57 Å². The van der Waals surface area contributed by atoms with Crippen molar-refractivity contribution in [2.75, 3.05) is 7.11 Å². The Hall–Kier alpha value is -1.95. The van der Waals surface area contributed by atoms with Gasteiger partial charge in [0.2, 0.25) is 0 Å². The Labute approximate surface area is 151 Å². The van der Waals surface area contributed by atoms with Gasteiger partial charge >= 0.3 is 5.97 Å². The van der Waals surface area contributed by atoms with E-state index in [9.17, 15) is 9.59 Å². The lowest BCUT2D eigenvalue weighted by Gasteiger charge is -2.17. The monoisotopic (exact) mass is 360 g/mol. The number of esters is 1. The molecule has 3 rings (SSSR count). The molecule has 5 nitrogen and oxygen atoms in total. The first-order valence-electron chi connectivity index (χ1n) is 8.75. The summed E-state index contributed by atoms with van der Waals surface area (Å²) >= 11 is 1.46. The molecule has 1 aromatic carbocycles. The van der Waals surface area contributed by atoms with E-state index in [1.807, 2.05) is 13.0 Å².